The fourth-order valence-corrected chi connectivity index (χ4v) is 1.38. The molecule has 96 valence electrons. The van der Waals surface area contributed by atoms with Gasteiger partial charge in [-0.2, -0.15) is 13.2 Å². The zero-order valence-corrected chi connectivity index (χ0v) is 9.46. The van der Waals surface area contributed by atoms with E-state index in [1.165, 1.54) is 0 Å². The summed E-state index contributed by atoms with van der Waals surface area (Å²) in [5.74, 6) is 5.74. The van der Waals surface area contributed by atoms with Crippen molar-refractivity contribution in [2.45, 2.75) is 19.1 Å². The predicted molar refractivity (Wildman–Crippen MR) is 59.1 cm³/mol. The number of anilines is 1. The second kappa shape index (κ2) is 5.83. The molecular formula is C10H15F3N4. The van der Waals surface area contributed by atoms with Crippen molar-refractivity contribution in [1.29, 1.82) is 0 Å². The maximum absolute atomic E-state index is 12.0. The number of nitrogens with two attached hydrogens (primary N) is 1. The molecule has 0 saturated carbocycles. The van der Waals surface area contributed by atoms with E-state index in [1.54, 1.807) is 30.3 Å². The highest BCUT2D eigenvalue weighted by Crippen LogP contribution is 2.20. The molecule has 0 aromatic carbocycles. The molecule has 0 radical (unpaired) electrons. The number of alkyl halides is 3. The average molecular weight is 248 g/mol. The first-order chi connectivity index (χ1) is 7.92. The fourth-order valence-electron chi connectivity index (χ4n) is 1.38. The number of nitrogens with one attached hydrogen (secondary N) is 1. The van der Waals surface area contributed by atoms with Crippen LogP contribution in [0.5, 0.6) is 0 Å². The van der Waals surface area contributed by atoms with Gasteiger partial charge in [-0.1, -0.05) is 6.07 Å². The predicted octanol–water partition coefficient (Wildman–Crippen LogP) is 1.75. The maximum Gasteiger partial charge on any atom is 0.390 e. The molecule has 1 aromatic rings. The van der Waals surface area contributed by atoms with Crippen molar-refractivity contribution in [3.05, 3.63) is 23.9 Å². The van der Waals surface area contributed by atoms with Crippen molar-refractivity contribution in [1.82, 2.24) is 9.88 Å². The molecule has 7 heteroatoms. The van der Waals surface area contributed by atoms with Gasteiger partial charge < -0.3 is 10.3 Å². The van der Waals surface area contributed by atoms with Crippen LogP contribution in [0.15, 0.2) is 18.3 Å². The largest absolute Gasteiger partial charge is 0.390 e. The molecule has 0 aliphatic heterocycles. The molecule has 1 rings (SSSR count). The Balaban J connectivity index is 2.53. The lowest BCUT2D eigenvalue weighted by molar-refractivity contribution is -0.137. The Bertz CT molecular complexity index is 354. The minimum absolute atomic E-state index is 0.0532. The van der Waals surface area contributed by atoms with Crippen LogP contribution < -0.4 is 11.3 Å². The Kier molecular flexibility index (Phi) is 4.71. The molecule has 3 N–H and O–H groups in total. The van der Waals surface area contributed by atoms with Gasteiger partial charge in [0.05, 0.1) is 6.42 Å². The summed E-state index contributed by atoms with van der Waals surface area (Å²) < 4.78 is 36.1. The number of nitrogen functional groups attached to an aromatic ring is 1. The molecule has 0 aliphatic rings. The van der Waals surface area contributed by atoms with Crippen LogP contribution in [0.4, 0.5) is 19.0 Å². The third-order valence-corrected chi connectivity index (χ3v) is 2.25. The van der Waals surface area contributed by atoms with Crippen molar-refractivity contribution in [3.8, 4) is 0 Å². The zero-order valence-electron chi connectivity index (χ0n) is 9.46. The molecule has 0 amide bonds. The maximum atomic E-state index is 12.0. The van der Waals surface area contributed by atoms with Crippen molar-refractivity contribution in [3.63, 3.8) is 0 Å². The van der Waals surface area contributed by atoms with E-state index >= 15 is 0 Å². The van der Waals surface area contributed by atoms with E-state index in [9.17, 15) is 13.2 Å². The van der Waals surface area contributed by atoms with Gasteiger partial charge in [0, 0.05) is 24.8 Å². The van der Waals surface area contributed by atoms with E-state index < -0.39 is 12.6 Å². The van der Waals surface area contributed by atoms with Gasteiger partial charge in [0.2, 0.25) is 0 Å². The molecule has 17 heavy (non-hydrogen) atoms. The van der Waals surface area contributed by atoms with E-state index in [0.717, 1.165) is 5.56 Å². The molecule has 0 aliphatic carbocycles. The molecule has 1 aromatic heterocycles. The van der Waals surface area contributed by atoms with Crippen molar-refractivity contribution >= 4 is 5.82 Å². The number of halogens is 3. The smallest absolute Gasteiger partial charge is 0.308 e. The number of hydrazine groups is 1. The first-order valence-electron chi connectivity index (χ1n) is 5.08. The quantitative estimate of drug-likeness (QED) is 0.615. The monoisotopic (exact) mass is 248 g/mol. The number of nitrogens with zero attached hydrogens (tertiary/aromatic N) is 2. The van der Waals surface area contributed by atoms with E-state index in [4.69, 9.17) is 5.84 Å². The van der Waals surface area contributed by atoms with Gasteiger partial charge in [-0.15, -0.1) is 0 Å². The number of hydrogen-bond donors (Lipinski definition) is 2. The fraction of sp³-hybridized carbons (Fsp3) is 0.500. The molecule has 0 atom stereocenters. The van der Waals surface area contributed by atoms with Crippen LogP contribution in [-0.4, -0.2) is 29.7 Å². The molecule has 1 heterocycles. The van der Waals surface area contributed by atoms with Gasteiger partial charge in [-0.05, 0) is 13.1 Å². The topological polar surface area (TPSA) is 54.2 Å². The summed E-state index contributed by atoms with van der Waals surface area (Å²) in [7, 11) is 1.62. The highest BCUT2D eigenvalue weighted by atomic mass is 19.4. The standard InChI is InChI=1S/C10H15F3N4/c1-17(6-4-10(11,12)13)7-8-3-2-5-15-9(8)16-14/h2-3,5H,4,6-7,14H2,1H3,(H,15,16). The SMILES string of the molecule is CN(CCC(F)(F)F)Cc1cccnc1NN. The molecule has 0 spiro atoms. The molecule has 0 fully saturated rings. The van der Waals surface area contributed by atoms with Gasteiger partial charge in [-0.3, -0.25) is 0 Å². The van der Waals surface area contributed by atoms with Crippen LogP contribution in [0.1, 0.15) is 12.0 Å². The third kappa shape index (κ3) is 5.01. The molecule has 4 nitrogen and oxygen atoms in total. The Hall–Kier alpha value is -1.34. The van der Waals surface area contributed by atoms with Gasteiger partial charge in [-0.25, -0.2) is 10.8 Å². The number of hydrogen-bond acceptors (Lipinski definition) is 4. The van der Waals surface area contributed by atoms with Crippen molar-refractivity contribution in [2.24, 2.45) is 5.84 Å². The Morgan fingerprint density at radius 3 is 2.76 bits per heavy atom. The van der Waals surface area contributed by atoms with Crippen molar-refractivity contribution < 1.29 is 13.2 Å². The first kappa shape index (κ1) is 13.7. The van der Waals surface area contributed by atoms with Crippen molar-refractivity contribution in [2.75, 3.05) is 19.0 Å². The van der Waals surface area contributed by atoms with Crippen LogP contribution in [0.2, 0.25) is 0 Å². The Labute approximate surface area is 97.6 Å². The summed E-state index contributed by atoms with van der Waals surface area (Å²) in [6, 6.07) is 3.49. The van der Waals surface area contributed by atoms with Gasteiger partial charge in [0.1, 0.15) is 5.82 Å². The Morgan fingerprint density at radius 1 is 1.47 bits per heavy atom. The highest BCUT2D eigenvalue weighted by Gasteiger charge is 2.27. The highest BCUT2D eigenvalue weighted by molar-refractivity contribution is 5.42. The minimum Gasteiger partial charge on any atom is -0.308 e. The summed E-state index contributed by atoms with van der Waals surface area (Å²) in [6.45, 7) is 0.311. The molecular weight excluding hydrogens is 233 g/mol. The van der Waals surface area contributed by atoms with Gasteiger partial charge in [0.25, 0.3) is 0 Å². The number of rotatable bonds is 5. The zero-order chi connectivity index (χ0) is 12.9. The lowest BCUT2D eigenvalue weighted by atomic mass is 10.2. The normalized spacial score (nSPS) is 11.9. The summed E-state index contributed by atoms with van der Waals surface area (Å²) in [5.41, 5.74) is 3.18. The van der Waals surface area contributed by atoms with Gasteiger partial charge >= 0.3 is 6.18 Å². The van der Waals surface area contributed by atoms with E-state index in [-0.39, 0.29) is 6.54 Å². The van der Waals surface area contributed by atoms with Gasteiger partial charge in [0.15, 0.2) is 0 Å². The minimum atomic E-state index is -4.13. The number of aromatic nitrogens is 1. The summed E-state index contributed by atoms with van der Waals surface area (Å²) >= 11 is 0. The van der Waals surface area contributed by atoms with Crippen LogP contribution in [0.25, 0.3) is 0 Å². The Morgan fingerprint density at radius 2 is 2.18 bits per heavy atom. The summed E-state index contributed by atoms with van der Waals surface area (Å²) in [5, 5.41) is 0. The van der Waals surface area contributed by atoms with Crippen LogP contribution in [0, 0.1) is 0 Å². The second-order valence-electron chi connectivity index (χ2n) is 3.76. The third-order valence-electron chi connectivity index (χ3n) is 2.25. The van der Waals surface area contributed by atoms with E-state index in [1.807, 2.05) is 0 Å². The molecule has 0 bridgehead atoms. The summed E-state index contributed by atoms with van der Waals surface area (Å²) in [4.78, 5) is 5.55. The summed E-state index contributed by atoms with van der Waals surface area (Å²) in [6.07, 6.45) is -3.39. The van der Waals surface area contributed by atoms with Crippen LogP contribution in [-0.2, 0) is 6.54 Å². The molecule has 0 unspecified atom stereocenters. The lowest BCUT2D eigenvalue weighted by Gasteiger charge is -2.18. The lowest BCUT2D eigenvalue weighted by Crippen LogP contribution is -2.25. The van der Waals surface area contributed by atoms with E-state index in [0.29, 0.717) is 12.4 Å². The second-order valence-corrected chi connectivity index (χ2v) is 3.76. The van der Waals surface area contributed by atoms with Crippen LogP contribution >= 0.6 is 0 Å². The molecule has 0 saturated heterocycles. The number of pyridine rings is 1. The average Bonchev–Trinajstić information content (AvgIpc) is 2.26. The van der Waals surface area contributed by atoms with E-state index in [2.05, 4.69) is 10.4 Å². The van der Waals surface area contributed by atoms with Crippen LogP contribution in [0.3, 0.4) is 0 Å². The first-order valence-corrected chi connectivity index (χ1v) is 5.08.